The Labute approximate surface area is 144 Å². The molecule has 0 radical (unpaired) electrons. The quantitative estimate of drug-likeness (QED) is 0.644. The lowest BCUT2D eigenvalue weighted by Gasteiger charge is -2.06. The fourth-order valence-electron chi connectivity index (χ4n) is 2.35. The van der Waals surface area contributed by atoms with E-state index in [4.69, 9.17) is 5.73 Å². The number of hydrogen-bond acceptors (Lipinski definition) is 7. The Kier molecular flexibility index (Phi) is 4.81. The fraction of sp³-hybridized carbons (Fsp3) is 0.176. The Bertz CT molecular complexity index is 861. The average Bonchev–Trinajstić information content (AvgIpc) is 3.18. The molecule has 0 aliphatic carbocycles. The van der Waals surface area contributed by atoms with Gasteiger partial charge in [-0.2, -0.15) is 5.11 Å². The number of nitrogens with zero attached hydrogens (tertiary/aromatic N) is 4. The minimum atomic E-state index is -0.0816. The van der Waals surface area contributed by atoms with E-state index < -0.39 is 0 Å². The molecule has 3 N–H and O–H groups in total. The fourth-order valence-corrected chi connectivity index (χ4v) is 3.12. The number of nitrogens with one attached hydrogen (secondary N) is 1. The van der Waals surface area contributed by atoms with Crippen molar-refractivity contribution >= 4 is 32.4 Å². The second kappa shape index (κ2) is 7.18. The number of hydrogen-bond donors (Lipinski definition) is 2. The maximum atomic E-state index is 5.77. The molecule has 0 fully saturated rings. The van der Waals surface area contributed by atoms with Gasteiger partial charge in [-0.1, -0.05) is 34.8 Å². The van der Waals surface area contributed by atoms with Gasteiger partial charge in [-0.15, -0.1) is 6.58 Å². The van der Waals surface area contributed by atoms with Crippen LogP contribution in [0.3, 0.4) is 0 Å². The summed E-state index contributed by atoms with van der Waals surface area (Å²) in [6.45, 7) is 5.73. The number of anilines is 1. The molecule has 24 heavy (non-hydrogen) atoms. The molecule has 0 spiro atoms. The van der Waals surface area contributed by atoms with Crippen molar-refractivity contribution in [2.75, 3.05) is 5.73 Å². The van der Waals surface area contributed by atoms with E-state index in [1.807, 2.05) is 37.3 Å². The van der Waals surface area contributed by atoms with Gasteiger partial charge in [0.05, 0.1) is 22.0 Å². The molecule has 0 amide bonds. The van der Waals surface area contributed by atoms with Gasteiger partial charge >= 0.3 is 0 Å². The van der Waals surface area contributed by atoms with Crippen LogP contribution in [-0.2, 0) is 0 Å². The average molecular weight is 338 g/mol. The monoisotopic (exact) mass is 338 g/mol. The van der Waals surface area contributed by atoms with Gasteiger partial charge in [-0.05, 0) is 31.2 Å². The van der Waals surface area contributed by atoms with Crippen LogP contribution in [0.1, 0.15) is 12.5 Å². The minimum absolute atomic E-state index is 0.0122. The van der Waals surface area contributed by atoms with E-state index in [0.29, 0.717) is 5.13 Å². The zero-order chi connectivity index (χ0) is 16.9. The summed E-state index contributed by atoms with van der Waals surface area (Å²) in [5.74, 6) is 0. The molecule has 1 aromatic heterocycles. The van der Waals surface area contributed by atoms with E-state index in [1.165, 1.54) is 11.3 Å². The smallest absolute Gasteiger partial charge is 0.181 e. The number of aromatic nitrogens is 1. The number of nitrogens with two attached hydrogens (primary N) is 1. The van der Waals surface area contributed by atoms with E-state index in [9.17, 15) is 0 Å². The number of aliphatic imine (C=N–C) groups is 1. The van der Waals surface area contributed by atoms with Crippen molar-refractivity contribution in [1.29, 1.82) is 0 Å². The van der Waals surface area contributed by atoms with Crippen molar-refractivity contribution < 1.29 is 0 Å². The Morgan fingerprint density at radius 3 is 3.12 bits per heavy atom. The Morgan fingerprint density at radius 2 is 2.33 bits per heavy atom. The van der Waals surface area contributed by atoms with Crippen molar-refractivity contribution in [3.63, 3.8) is 0 Å². The van der Waals surface area contributed by atoms with Crippen LogP contribution in [0.2, 0.25) is 0 Å². The number of benzene rings is 1. The van der Waals surface area contributed by atoms with Gasteiger partial charge in [-0.25, -0.2) is 4.98 Å². The van der Waals surface area contributed by atoms with Crippen molar-refractivity contribution in [1.82, 2.24) is 10.4 Å². The molecule has 1 aliphatic heterocycles. The van der Waals surface area contributed by atoms with Crippen LogP contribution in [0.15, 0.2) is 70.6 Å². The first-order valence-electron chi connectivity index (χ1n) is 7.53. The highest BCUT2D eigenvalue weighted by Crippen LogP contribution is 2.25. The third-order valence-corrected chi connectivity index (χ3v) is 4.39. The van der Waals surface area contributed by atoms with Crippen molar-refractivity contribution in [3.8, 4) is 0 Å². The summed E-state index contributed by atoms with van der Waals surface area (Å²) in [4.78, 5) is 8.85. The second-order valence-electron chi connectivity index (χ2n) is 5.19. The summed E-state index contributed by atoms with van der Waals surface area (Å²) in [7, 11) is 0. The Morgan fingerprint density at radius 1 is 1.46 bits per heavy atom. The van der Waals surface area contributed by atoms with Crippen LogP contribution in [0.4, 0.5) is 5.13 Å². The zero-order valence-corrected chi connectivity index (χ0v) is 14.1. The lowest BCUT2D eigenvalue weighted by molar-refractivity contribution is 0.665. The molecule has 2 heterocycles. The first-order valence-corrected chi connectivity index (χ1v) is 8.34. The number of rotatable bonds is 5. The van der Waals surface area contributed by atoms with Crippen molar-refractivity contribution in [2.45, 2.75) is 19.0 Å². The van der Waals surface area contributed by atoms with Gasteiger partial charge in [-0.3, -0.25) is 10.4 Å². The molecule has 1 aromatic carbocycles. The highest BCUT2D eigenvalue weighted by molar-refractivity contribution is 7.22. The van der Waals surface area contributed by atoms with Gasteiger partial charge < -0.3 is 5.73 Å². The summed E-state index contributed by atoms with van der Waals surface area (Å²) < 4.78 is 1.05. The minimum Gasteiger partial charge on any atom is -0.375 e. The molecule has 2 atom stereocenters. The molecule has 0 saturated heterocycles. The van der Waals surface area contributed by atoms with Gasteiger partial charge in [0.1, 0.15) is 6.04 Å². The van der Waals surface area contributed by atoms with E-state index in [2.05, 4.69) is 38.4 Å². The SMILES string of the molecule is C=CC1NN=NC1/C=C/N=C(\C=C\C)c1ccc2nc(N)sc2c1. The first-order chi connectivity index (χ1) is 11.7. The van der Waals surface area contributed by atoms with Crippen LogP contribution < -0.4 is 11.2 Å². The van der Waals surface area contributed by atoms with Crippen molar-refractivity contribution in [2.24, 2.45) is 15.3 Å². The Hall–Kier alpha value is -2.80. The topological polar surface area (TPSA) is 88.0 Å². The Balaban J connectivity index is 1.87. The normalized spacial score (nSPS) is 21.1. The van der Waals surface area contributed by atoms with Crippen LogP contribution in [0.5, 0.6) is 0 Å². The van der Waals surface area contributed by atoms with Gasteiger partial charge in [0.15, 0.2) is 5.13 Å². The van der Waals surface area contributed by atoms with Gasteiger partial charge in [0, 0.05) is 11.8 Å². The second-order valence-corrected chi connectivity index (χ2v) is 6.25. The molecule has 3 rings (SSSR count). The summed E-state index contributed by atoms with van der Waals surface area (Å²) in [6.07, 6.45) is 9.38. The maximum absolute atomic E-state index is 5.77. The van der Waals surface area contributed by atoms with Crippen LogP contribution in [0.25, 0.3) is 10.2 Å². The standard InChI is InChI=1S/C17H18N6S/c1-3-5-13(19-9-8-14-12(4-2)21-23-22-14)11-6-7-15-16(10-11)24-17(18)20-15/h3-10,12,14H,2H2,1H3,(H2,18,20)(H,21,22)/b5-3+,9-8+,19-13+. The molecule has 2 unspecified atom stereocenters. The van der Waals surface area contributed by atoms with E-state index in [0.717, 1.165) is 21.5 Å². The lowest BCUT2D eigenvalue weighted by atomic mass is 10.1. The largest absolute Gasteiger partial charge is 0.375 e. The van der Waals surface area contributed by atoms with Crippen molar-refractivity contribution in [3.05, 3.63) is 60.8 Å². The molecular formula is C17H18N6S. The first kappa shape index (κ1) is 16.1. The third kappa shape index (κ3) is 3.41. The van der Waals surface area contributed by atoms with Gasteiger partial charge in [0.2, 0.25) is 0 Å². The summed E-state index contributed by atoms with van der Waals surface area (Å²) in [5.41, 5.74) is 11.4. The van der Waals surface area contributed by atoms with E-state index in [1.54, 1.807) is 12.3 Å². The van der Waals surface area contributed by atoms with Gasteiger partial charge in [0.25, 0.3) is 0 Å². The molecular weight excluding hydrogens is 320 g/mol. The molecule has 7 heteroatoms. The highest BCUT2D eigenvalue weighted by atomic mass is 32.1. The maximum Gasteiger partial charge on any atom is 0.181 e. The third-order valence-electron chi connectivity index (χ3n) is 3.54. The summed E-state index contributed by atoms with van der Waals surface area (Å²) in [6, 6.07) is 5.94. The zero-order valence-electron chi connectivity index (χ0n) is 13.3. The molecule has 0 bridgehead atoms. The van der Waals surface area contributed by atoms with E-state index >= 15 is 0 Å². The molecule has 122 valence electrons. The highest BCUT2D eigenvalue weighted by Gasteiger charge is 2.19. The van der Waals surface area contributed by atoms with Crippen LogP contribution >= 0.6 is 11.3 Å². The summed E-state index contributed by atoms with van der Waals surface area (Å²) >= 11 is 1.47. The number of nitrogen functional groups attached to an aromatic ring is 1. The number of thiazole rings is 1. The van der Waals surface area contributed by atoms with Crippen LogP contribution in [0, 0.1) is 0 Å². The molecule has 6 nitrogen and oxygen atoms in total. The number of fused-ring (bicyclic) bond motifs is 1. The molecule has 1 aliphatic rings. The van der Waals surface area contributed by atoms with E-state index in [-0.39, 0.29) is 12.1 Å². The van der Waals surface area contributed by atoms with Crippen LogP contribution in [-0.4, -0.2) is 22.8 Å². The lowest BCUT2D eigenvalue weighted by Crippen LogP contribution is -2.26. The predicted molar refractivity (Wildman–Crippen MR) is 100 cm³/mol. The number of allylic oxidation sites excluding steroid dienone is 2. The molecule has 2 aromatic rings. The predicted octanol–water partition coefficient (Wildman–Crippen LogP) is 3.65. The summed E-state index contributed by atoms with van der Waals surface area (Å²) in [5, 5.41) is 8.48. The molecule has 0 saturated carbocycles.